The number of amides is 1. The van der Waals surface area contributed by atoms with Gasteiger partial charge in [-0.25, -0.2) is 0 Å². The third-order valence-corrected chi connectivity index (χ3v) is 8.99. The number of likely N-dealkylation sites (N-methyl/N-ethyl adjacent to an activating group) is 1. The van der Waals surface area contributed by atoms with E-state index in [0.717, 1.165) is 34.0 Å². The SMILES string of the molecule is CN[C@@H]1C[C@H]2O[C@@](C)([C@@H]1OC)n1c3ccccc3c3c4c(c5c(c31)C2c1ccccc1-5)C(=O)NC4. The van der Waals surface area contributed by atoms with Crippen molar-refractivity contribution in [1.29, 1.82) is 0 Å². The van der Waals surface area contributed by atoms with Crippen LogP contribution in [0.5, 0.6) is 0 Å². The van der Waals surface area contributed by atoms with Crippen LogP contribution in [0, 0.1) is 0 Å². The highest BCUT2D eigenvalue weighted by atomic mass is 16.6. The summed E-state index contributed by atoms with van der Waals surface area (Å²) < 4.78 is 15.7. The predicted octanol–water partition coefficient (Wildman–Crippen LogP) is 4.23. The van der Waals surface area contributed by atoms with E-state index in [4.69, 9.17) is 9.47 Å². The second-order valence-corrected chi connectivity index (χ2v) is 10.5. The molecule has 176 valence electrons. The maximum Gasteiger partial charge on any atom is 0.252 e. The van der Waals surface area contributed by atoms with E-state index in [1.165, 1.54) is 27.6 Å². The molecule has 6 heteroatoms. The maximum atomic E-state index is 13.3. The molecule has 6 nitrogen and oxygen atoms in total. The number of carbonyl (C=O) groups is 1. The summed E-state index contributed by atoms with van der Waals surface area (Å²) in [5.74, 6) is 0.0867. The van der Waals surface area contributed by atoms with Crippen LogP contribution in [0.25, 0.3) is 32.9 Å². The molecule has 1 aliphatic carbocycles. The lowest BCUT2D eigenvalue weighted by Crippen LogP contribution is -2.61. The van der Waals surface area contributed by atoms with Gasteiger partial charge >= 0.3 is 0 Å². The second kappa shape index (κ2) is 6.52. The van der Waals surface area contributed by atoms with Crippen LogP contribution >= 0.6 is 0 Å². The van der Waals surface area contributed by atoms with Gasteiger partial charge in [0, 0.05) is 42.0 Å². The molecular weight excluding hydrogens is 438 g/mol. The monoisotopic (exact) mass is 465 g/mol. The number of aromatic nitrogens is 1. The Kier molecular flexibility index (Phi) is 3.73. The Balaban J connectivity index is 1.65. The molecule has 4 aliphatic rings. The lowest BCUT2D eigenvalue weighted by Gasteiger charge is -2.49. The largest absolute Gasteiger partial charge is 0.375 e. The summed E-state index contributed by atoms with van der Waals surface area (Å²) in [6, 6.07) is 17.3. The number of ether oxygens (including phenoxy) is 2. The highest BCUT2D eigenvalue weighted by Crippen LogP contribution is 2.59. The van der Waals surface area contributed by atoms with Crippen LogP contribution < -0.4 is 10.6 Å². The molecule has 2 bridgehead atoms. The fraction of sp³-hybridized carbons (Fsp3) is 0.345. The van der Waals surface area contributed by atoms with Crippen molar-refractivity contribution in [3.8, 4) is 11.1 Å². The van der Waals surface area contributed by atoms with Gasteiger partial charge in [-0.15, -0.1) is 0 Å². The zero-order chi connectivity index (χ0) is 23.6. The van der Waals surface area contributed by atoms with Crippen molar-refractivity contribution in [3.05, 3.63) is 70.8 Å². The average molecular weight is 466 g/mol. The molecule has 0 saturated carbocycles. The van der Waals surface area contributed by atoms with Crippen molar-refractivity contribution in [2.45, 2.75) is 49.8 Å². The van der Waals surface area contributed by atoms with E-state index in [0.29, 0.717) is 6.54 Å². The van der Waals surface area contributed by atoms with Crippen molar-refractivity contribution in [3.63, 3.8) is 0 Å². The molecule has 2 N–H and O–H groups in total. The number of hydrogen-bond acceptors (Lipinski definition) is 4. The van der Waals surface area contributed by atoms with Gasteiger partial charge in [0.05, 0.1) is 22.7 Å². The summed E-state index contributed by atoms with van der Waals surface area (Å²) >= 11 is 0. The number of nitrogens with one attached hydrogen (secondary N) is 2. The normalized spacial score (nSPS) is 29.9. The highest BCUT2D eigenvalue weighted by Gasteiger charge is 2.56. The number of rotatable bonds is 2. The van der Waals surface area contributed by atoms with Gasteiger partial charge in [-0.05, 0) is 48.7 Å². The van der Waals surface area contributed by atoms with Crippen molar-refractivity contribution >= 4 is 27.7 Å². The van der Waals surface area contributed by atoms with Gasteiger partial charge in [0.25, 0.3) is 5.91 Å². The van der Waals surface area contributed by atoms with E-state index in [2.05, 4.69) is 70.7 Å². The molecule has 0 spiro atoms. The Morgan fingerprint density at radius 3 is 2.77 bits per heavy atom. The zero-order valence-corrected chi connectivity index (χ0v) is 20.0. The molecule has 4 heterocycles. The number of benzene rings is 3. The summed E-state index contributed by atoms with van der Waals surface area (Å²) in [4.78, 5) is 13.3. The molecule has 35 heavy (non-hydrogen) atoms. The molecule has 1 aromatic heterocycles. The summed E-state index contributed by atoms with van der Waals surface area (Å²) in [6.07, 6.45) is 0.604. The fourth-order valence-corrected chi connectivity index (χ4v) is 7.80. The first-order valence-corrected chi connectivity index (χ1v) is 12.5. The van der Waals surface area contributed by atoms with E-state index in [9.17, 15) is 4.79 Å². The Bertz CT molecular complexity index is 1600. The van der Waals surface area contributed by atoms with Crippen molar-refractivity contribution in [2.75, 3.05) is 14.2 Å². The summed E-state index contributed by atoms with van der Waals surface area (Å²) in [5, 5.41) is 9.03. The molecule has 0 radical (unpaired) electrons. The molecule has 4 aromatic rings. The highest BCUT2D eigenvalue weighted by molar-refractivity contribution is 6.20. The molecule has 1 amide bonds. The third-order valence-electron chi connectivity index (χ3n) is 8.99. The first kappa shape index (κ1) is 20.0. The Hall–Kier alpha value is -3.19. The minimum atomic E-state index is -0.718. The fourth-order valence-electron chi connectivity index (χ4n) is 7.80. The smallest absolute Gasteiger partial charge is 0.252 e. The van der Waals surface area contributed by atoms with E-state index in [1.54, 1.807) is 7.11 Å². The lowest BCUT2D eigenvalue weighted by atomic mass is 9.82. The summed E-state index contributed by atoms with van der Waals surface area (Å²) in [5.41, 5.74) is 8.32. The Labute approximate surface area is 203 Å². The maximum absolute atomic E-state index is 13.3. The van der Waals surface area contributed by atoms with E-state index in [-0.39, 0.29) is 30.1 Å². The van der Waals surface area contributed by atoms with Gasteiger partial charge in [-0.3, -0.25) is 4.79 Å². The number of fused-ring (bicyclic) bond motifs is 13. The van der Waals surface area contributed by atoms with Gasteiger partial charge in [0.1, 0.15) is 6.10 Å². The van der Waals surface area contributed by atoms with Gasteiger partial charge in [0.15, 0.2) is 5.72 Å². The average Bonchev–Trinajstić information content (AvgIpc) is 3.51. The number of para-hydroxylation sites is 1. The van der Waals surface area contributed by atoms with Gasteiger partial charge < -0.3 is 24.7 Å². The second-order valence-electron chi connectivity index (χ2n) is 10.5. The topological polar surface area (TPSA) is 64.5 Å². The van der Waals surface area contributed by atoms with Crippen LogP contribution in [0.3, 0.4) is 0 Å². The number of nitrogens with zero attached hydrogens (tertiary/aromatic N) is 1. The van der Waals surface area contributed by atoms with Gasteiger partial charge in [-0.2, -0.15) is 0 Å². The molecule has 1 fully saturated rings. The van der Waals surface area contributed by atoms with Crippen LogP contribution in [0.2, 0.25) is 0 Å². The van der Waals surface area contributed by atoms with E-state index >= 15 is 0 Å². The predicted molar refractivity (Wildman–Crippen MR) is 135 cm³/mol. The summed E-state index contributed by atoms with van der Waals surface area (Å²) in [6.45, 7) is 2.73. The minimum absolute atomic E-state index is 0.0302. The first-order chi connectivity index (χ1) is 17.1. The molecule has 5 atom stereocenters. The Morgan fingerprint density at radius 1 is 1.14 bits per heavy atom. The molecule has 8 rings (SSSR count). The van der Waals surface area contributed by atoms with Crippen molar-refractivity contribution in [1.82, 2.24) is 15.2 Å². The van der Waals surface area contributed by atoms with Crippen LogP contribution in [-0.4, -0.2) is 42.9 Å². The molecular formula is C29H27N3O3. The zero-order valence-electron chi connectivity index (χ0n) is 20.0. The standard InChI is InChI=1S/C29H27N3O3/c1-29-27(34-3)18(30-2)12-20(35-29)22-14-8-4-5-9-15(14)23-24-17(13-31-28(24)33)21-16-10-6-7-11-19(16)32(29)26(21)25(22)23/h4-11,18,20,22,27,30H,12-13H2,1-3H3,(H,31,33)/t18-,20-,22?,27-,29+/m1/s1. The van der Waals surface area contributed by atoms with Crippen molar-refractivity contribution in [2.24, 2.45) is 0 Å². The van der Waals surface area contributed by atoms with E-state index in [1.807, 2.05) is 7.05 Å². The molecule has 1 unspecified atom stereocenters. The van der Waals surface area contributed by atoms with Gasteiger partial charge in [-0.1, -0.05) is 42.5 Å². The lowest BCUT2D eigenvalue weighted by molar-refractivity contribution is -0.239. The van der Waals surface area contributed by atoms with Crippen LogP contribution in [0.1, 0.15) is 46.3 Å². The number of methoxy groups -OCH3 is 1. The van der Waals surface area contributed by atoms with Crippen LogP contribution in [-0.2, 0) is 21.7 Å². The van der Waals surface area contributed by atoms with Crippen molar-refractivity contribution < 1.29 is 14.3 Å². The van der Waals surface area contributed by atoms with Gasteiger partial charge in [0.2, 0.25) is 0 Å². The first-order valence-electron chi connectivity index (χ1n) is 12.5. The third kappa shape index (κ3) is 2.16. The number of carbonyl (C=O) groups excluding carboxylic acids is 1. The molecule has 3 aliphatic heterocycles. The van der Waals surface area contributed by atoms with E-state index < -0.39 is 5.72 Å². The quantitative estimate of drug-likeness (QED) is 0.465. The summed E-state index contributed by atoms with van der Waals surface area (Å²) in [7, 11) is 3.80. The molecule has 3 aromatic carbocycles. The molecule has 1 saturated heterocycles. The van der Waals surface area contributed by atoms with Crippen LogP contribution in [0.4, 0.5) is 0 Å². The minimum Gasteiger partial charge on any atom is -0.375 e. The Morgan fingerprint density at radius 2 is 1.94 bits per heavy atom. The number of hydrogen-bond donors (Lipinski definition) is 2. The van der Waals surface area contributed by atoms with Crippen LogP contribution in [0.15, 0.2) is 48.5 Å².